The van der Waals surface area contributed by atoms with E-state index in [0.717, 1.165) is 0 Å². The molecule has 2 fully saturated rings. The Kier molecular flexibility index (Phi) is 9.74. The number of aliphatic hydroxyl groups excluding tert-OH is 8. The van der Waals surface area contributed by atoms with Crippen LogP contribution in [0.5, 0.6) is 0 Å². The molecule has 0 radical (unpaired) electrons. The van der Waals surface area contributed by atoms with E-state index < -0.39 is 74.6 Å². The lowest BCUT2D eigenvalue weighted by Crippen LogP contribution is -2.59. The molecule has 26 heavy (non-hydrogen) atoms. The zero-order valence-electron chi connectivity index (χ0n) is 14.4. The summed E-state index contributed by atoms with van der Waals surface area (Å²) < 4.78 is 19.0. The summed E-state index contributed by atoms with van der Waals surface area (Å²) in [6.45, 7) is -0.933. The molecule has 12 heteroatoms. The van der Waals surface area contributed by atoms with Gasteiger partial charge < -0.3 is 59.8 Å². The second kappa shape index (κ2) is 10.8. The van der Waals surface area contributed by atoms with E-state index in [9.17, 15) is 30.6 Å². The summed E-state index contributed by atoms with van der Waals surface area (Å²) in [5.74, 6) is 0. The Morgan fingerprint density at radius 1 is 0.615 bits per heavy atom. The van der Waals surface area contributed by atoms with Crippen LogP contribution in [0.15, 0.2) is 0 Å². The van der Waals surface area contributed by atoms with Crippen LogP contribution in [-0.4, -0.2) is 130 Å². The van der Waals surface area contributed by atoms with Gasteiger partial charge in [0.15, 0.2) is 12.6 Å². The fraction of sp³-hybridized carbons (Fsp3) is 1.00. The van der Waals surface area contributed by atoms with Gasteiger partial charge in [-0.2, -0.15) is 0 Å². The minimum atomic E-state index is -1.33. The van der Waals surface area contributed by atoms with Crippen molar-refractivity contribution in [3.05, 3.63) is 0 Å². The molecule has 2 aliphatic heterocycles. The predicted molar refractivity (Wildman–Crippen MR) is 81.6 cm³/mol. The molecule has 1 unspecified atom stereocenters. The average Bonchev–Trinajstić information content (AvgIpc) is 2.62. The summed E-state index contributed by atoms with van der Waals surface area (Å²) in [5.41, 5.74) is 0. The summed E-state index contributed by atoms with van der Waals surface area (Å²) in [7, 11) is 2.57. The summed E-state index contributed by atoms with van der Waals surface area (Å²) in [6.07, 6.45) is -11.6. The molecule has 2 aliphatic rings. The van der Waals surface area contributed by atoms with E-state index >= 15 is 0 Å². The van der Waals surface area contributed by atoms with Crippen LogP contribution in [0.25, 0.3) is 0 Å². The van der Waals surface area contributed by atoms with Gasteiger partial charge in [-0.25, -0.2) is 0 Å². The van der Waals surface area contributed by atoms with Gasteiger partial charge in [-0.05, 0) is 0 Å². The topological polar surface area (TPSA) is 199 Å². The maximum absolute atomic E-state index is 9.38. The zero-order chi connectivity index (χ0) is 20.0. The maximum Gasteiger partial charge on any atom is 0.184 e. The van der Waals surface area contributed by atoms with Crippen LogP contribution < -0.4 is 0 Å². The van der Waals surface area contributed by atoms with E-state index in [-0.39, 0.29) is 0 Å². The maximum atomic E-state index is 9.38. The summed E-state index contributed by atoms with van der Waals surface area (Å²) in [6, 6.07) is 0. The minimum absolute atomic E-state index is 0.467. The Hall–Kier alpha value is -0.480. The molecule has 2 heterocycles. The highest BCUT2D eigenvalue weighted by Crippen LogP contribution is 2.22. The predicted octanol–water partition coefficient (Wildman–Crippen LogP) is -5.13. The van der Waals surface area contributed by atoms with Gasteiger partial charge in [0, 0.05) is 14.2 Å². The fourth-order valence-electron chi connectivity index (χ4n) is 2.65. The highest BCUT2D eigenvalue weighted by atomic mass is 16.7. The van der Waals surface area contributed by atoms with Gasteiger partial charge in [0.2, 0.25) is 0 Å². The molecule has 12 nitrogen and oxygen atoms in total. The lowest BCUT2D eigenvalue weighted by Gasteiger charge is -2.39. The van der Waals surface area contributed by atoms with Gasteiger partial charge in [-0.3, -0.25) is 0 Å². The molecule has 0 aromatic rings. The van der Waals surface area contributed by atoms with E-state index in [4.69, 9.17) is 29.2 Å². The smallest absolute Gasteiger partial charge is 0.184 e. The first-order valence-corrected chi connectivity index (χ1v) is 7.90. The molecule has 8 N–H and O–H groups in total. The van der Waals surface area contributed by atoms with Crippen molar-refractivity contribution in [2.24, 2.45) is 0 Å². The first kappa shape index (κ1) is 23.6. The van der Waals surface area contributed by atoms with E-state index in [0.29, 0.717) is 0 Å². The third kappa shape index (κ3) is 5.28. The second-order valence-electron chi connectivity index (χ2n) is 5.86. The first-order chi connectivity index (χ1) is 12.2. The number of ether oxygens (including phenoxy) is 4. The SMILES string of the molecule is CO[C@@H]1[C@@H](O)[C@H](O)[C@@H](CO)O[C@@H]1O.CO[C@H]1C(O)O[C@H](CO)[C@@H](O)[C@@H]1O. The van der Waals surface area contributed by atoms with Gasteiger partial charge in [0.25, 0.3) is 0 Å². The monoisotopic (exact) mass is 388 g/mol. The van der Waals surface area contributed by atoms with E-state index in [2.05, 4.69) is 0 Å². The third-order valence-electron chi connectivity index (χ3n) is 4.23. The van der Waals surface area contributed by atoms with E-state index in [1.807, 2.05) is 0 Å². The number of aliphatic hydroxyl groups is 8. The van der Waals surface area contributed by atoms with Crippen molar-refractivity contribution in [1.82, 2.24) is 0 Å². The van der Waals surface area contributed by atoms with Gasteiger partial charge in [0.05, 0.1) is 13.2 Å². The Labute approximate surface area is 149 Å². The Morgan fingerprint density at radius 2 is 0.923 bits per heavy atom. The van der Waals surface area contributed by atoms with Crippen LogP contribution >= 0.6 is 0 Å². The molecule has 156 valence electrons. The molecule has 10 atom stereocenters. The number of hydrogen-bond donors (Lipinski definition) is 8. The van der Waals surface area contributed by atoms with Crippen LogP contribution in [0, 0.1) is 0 Å². The molecule has 2 saturated heterocycles. The molecule has 0 aliphatic carbocycles. The van der Waals surface area contributed by atoms with Crippen LogP contribution in [0.4, 0.5) is 0 Å². The van der Waals surface area contributed by atoms with Crippen molar-refractivity contribution in [3.63, 3.8) is 0 Å². The molecular weight excluding hydrogens is 360 g/mol. The molecular formula is C14H28O12. The lowest BCUT2D eigenvalue weighted by molar-refractivity contribution is -0.291. The standard InChI is InChI=1S/2C7H14O6/c2*1-12-6-5(10)4(9)3(2-8)13-7(6)11/h2*3-11H,2H2,1H3/t3-,4-,5+,6-,7?;3-,4-,5+,6-,7+/m11/s1. The highest BCUT2D eigenvalue weighted by Gasteiger charge is 2.44. The van der Waals surface area contributed by atoms with Crippen LogP contribution in [-0.2, 0) is 18.9 Å². The summed E-state index contributed by atoms with van der Waals surface area (Å²) in [4.78, 5) is 0. The van der Waals surface area contributed by atoms with Gasteiger partial charge in [0.1, 0.15) is 48.8 Å². The van der Waals surface area contributed by atoms with Gasteiger partial charge >= 0.3 is 0 Å². The quantitative estimate of drug-likeness (QED) is 0.228. The van der Waals surface area contributed by atoms with Crippen molar-refractivity contribution in [2.45, 2.75) is 61.4 Å². The van der Waals surface area contributed by atoms with Crippen LogP contribution in [0.1, 0.15) is 0 Å². The van der Waals surface area contributed by atoms with E-state index in [1.54, 1.807) is 0 Å². The molecule has 0 aromatic heterocycles. The number of rotatable bonds is 4. The highest BCUT2D eigenvalue weighted by molar-refractivity contribution is 4.89. The van der Waals surface area contributed by atoms with Gasteiger partial charge in [-0.1, -0.05) is 0 Å². The zero-order valence-corrected chi connectivity index (χ0v) is 14.4. The molecule has 0 aromatic carbocycles. The van der Waals surface area contributed by atoms with Crippen LogP contribution in [0.2, 0.25) is 0 Å². The Morgan fingerprint density at radius 3 is 1.15 bits per heavy atom. The van der Waals surface area contributed by atoms with Crippen molar-refractivity contribution >= 4 is 0 Å². The summed E-state index contributed by atoms with van der Waals surface area (Å²) in [5, 5.41) is 73.3. The number of methoxy groups -OCH3 is 2. The molecule has 2 rings (SSSR count). The minimum Gasteiger partial charge on any atom is -0.394 e. The second-order valence-corrected chi connectivity index (χ2v) is 5.86. The van der Waals surface area contributed by atoms with E-state index in [1.165, 1.54) is 14.2 Å². The first-order valence-electron chi connectivity index (χ1n) is 7.90. The fourth-order valence-corrected chi connectivity index (χ4v) is 2.65. The van der Waals surface area contributed by atoms with Gasteiger partial charge in [-0.15, -0.1) is 0 Å². The van der Waals surface area contributed by atoms with Crippen molar-refractivity contribution < 1.29 is 59.8 Å². The Balaban J connectivity index is 0.000000260. The third-order valence-corrected chi connectivity index (χ3v) is 4.23. The largest absolute Gasteiger partial charge is 0.394 e. The molecule has 0 bridgehead atoms. The van der Waals surface area contributed by atoms with Crippen molar-refractivity contribution in [3.8, 4) is 0 Å². The molecule has 0 amide bonds. The normalized spacial score (nSPS) is 46.4. The number of hydrogen-bond acceptors (Lipinski definition) is 12. The van der Waals surface area contributed by atoms with Crippen LogP contribution in [0.3, 0.4) is 0 Å². The lowest BCUT2D eigenvalue weighted by atomic mass is 9.99. The van der Waals surface area contributed by atoms with Crippen molar-refractivity contribution in [2.75, 3.05) is 27.4 Å². The Bertz CT molecular complexity index is 362. The molecule has 0 saturated carbocycles. The average molecular weight is 388 g/mol. The molecule has 0 spiro atoms. The summed E-state index contributed by atoms with van der Waals surface area (Å²) >= 11 is 0. The van der Waals surface area contributed by atoms with Crippen molar-refractivity contribution in [1.29, 1.82) is 0 Å².